The second-order valence-electron chi connectivity index (χ2n) is 5.82. The molecule has 0 radical (unpaired) electrons. The standard InChI is InChI=1S/C18H17N3O4S/c22-26(23,21-9-11-24-12-10-21)16-8-4-7-15(13-16)18-20-19-17(25-18)14-5-2-1-3-6-14/h1-8,13H,9-12H2. The average molecular weight is 371 g/mol. The Balaban J connectivity index is 1.65. The van der Waals surface area contributed by atoms with Crippen LogP contribution in [0.3, 0.4) is 0 Å². The first-order chi connectivity index (χ1) is 12.6. The smallest absolute Gasteiger partial charge is 0.248 e. The van der Waals surface area contributed by atoms with Gasteiger partial charge in [-0.25, -0.2) is 8.42 Å². The third-order valence-electron chi connectivity index (χ3n) is 4.13. The van der Waals surface area contributed by atoms with Crippen LogP contribution in [-0.2, 0) is 14.8 Å². The molecule has 0 spiro atoms. The minimum atomic E-state index is -3.57. The summed E-state index contributed by atoms with van der Waals surface area (Å²) in [6, 6.07) is 16.0. The van der Waals surface area contributed by atoms with Crippen molar-refractivity contribution in [1.82, 2.24) is 14.5 Å². The molecule has 1 aliphatic rings. The Labute approximate surface area is 151 Å². The van der Waals surface area contributed by atoms with Crippen LogP contribution in [0, 0.1) is 0 Å². The van der Waals surface area contributed by atoms with E-state index in [1.807, 2.05) is 30.3 Å². The van der Waals surface area contributed by atoms with Crippen molar-refractivity contribution >= 4 is 10.0 Å². The second-order valence-corrected chi connectivity index (χ2v) is 7.76. The van der Waals surface area contributed by atoms with Gasteiger partial charge in [-0.1, -0.05) is 24.3 Å². The molecule has 0 saturated carbocycles. The first-order valence-corrected chi connectivity index (χ1v) is 9.66. The lowest BCUT2D eigenvalue weighted by molar-refractivity contribution is 0.0730. The maximum atomic E-state index is 12.8. The molecule has 134 valence electrons. The minimum Gasteiger partial charge on any atom is -0.416 e. The fourth-order valence-corrected chi connectivity index (χ4v) is 4.22. The molecule has 0 amide bonds. The van der Waals surface area contributed by atoms with E-state index in [-0.39, 0.29) is 10.8 Å². The minimum absolute atomic E-state index is 0.205. The van der Waals surface area contributed by atoms with Crippen LogP contribution in [0.15, 0.2) is 63.9 Å². The number of morpholine rings is 1. The summed E-state index contributed by atoms with van der Waals surface area (Å²) in [5, 5.41) is 8.10. The van der Waals surface area contributed by atoms with Crippen molar-refractivity contribution in [2.75, 3.05) is 26.3 Å². The first-order valence-electron chi connectivity index (χ1n) is 8.22. The summed E-state index contributed by atoms with van der Waals surface area (Å²) in [6.07, 6.45) is 0. The van der Waals surface area contributed by atoms with Crippen molar-refractivity contribution in [3.05, 3.63) is 54.6 Å². The third-order valence-corrected chi connectivity index (χ3v) is 6.03. The highest BCUT2D eigenvalue weighted by Gasteiger charge is 2.26. The van der Waals surface area contributed by atoms with Gasteiger partial charge >= 0.3 is 0 Å². The van der Waals surface area contributed by atoms with Crippen LogP contribution < -0.4 is 0 Å². The predicted octanol–water partition coefficient (Wildman–Crippen LogP) is 2.42. The van der Waals surface area contributed by atoms with Gasteiger partial charge in [-0.2, -0.15) is 4.31 Å². The highest BCUT2D eigenvalue weighted by Crippen LogP contribution is 2.26. The van der Waals surface area contributed by atoms with Crippen molar-refractivity contribution in [1.29, 1.82) is 0 Å². The molecule has 3 aromatic rings. The summed E-state index contributed by atoms with van der Waals surface area (Å²) in [5.74, 6) is 0.671. The number of benzene rings is 2. The summed E-state index contributed by atoms with van der Waals surface area (Å²) in [6.45, 7) is 1.52. The van der Waals surface area contributed by atoms with E-state index in [1.165, 1.54) is 4.31 Å². The Hall–Kier alpha value is -2.55. The number of rotatable bonds is 4. The van der Waals surface area contributed by atoms with Crippen molar-refractivity contribution < 1.29 is 17.6 Å². The highest BCUT2D eigenvalue weighted by atomic mass is 32.2. The summed E-state index contributed by atoms with van der Waals surface area (Å²) in [4.78, 5) is 0.205. The zero-order valence-electron chi connectivity index (χ0n) is 13.9. The summed E-state index contributed by atoms with van der Waals surface area (Å²) in [5.41, 5.74) is 1.37. The molecule has 26 heavy (non-hydrogen) atoms. The Bertz CT molecular complexity index is 996. The van der Waals surface area contributed by atoms with Gasteiger partial charge in [0, 0.05) is 24.2 Å². The first kappa shape index (κ1) is 16.9. The molecule has 1 aromatic heterocycles. The van der Waals surface area contributed by atoms with Crippen molar-refractivity contribution in [3.8, 4) is 22.9 Å². The molecule has 1 aliphatic heterocycles. The van der Waals surface area contributed by atoms with E-state index in [9.17, 15) is 8.42 Å². The fraction of sp³-hybridized carbons (Fsp3) is 0.222. The van der Waals surface area contributed by atoms with Gasteiger partial charge in [-0.3, -0.25) is 0 Å². The van der Waals surface area contributed by atoms with Gasteiger partial charge in [-0.15, -0.1) is 10.2 Å². The molecule has 0 bridgehead atoms. The predicted molar refractivity (Wildman–Crippen MR) is 94.7 cm³/mol. The molecular formula is C18H17N3O4S. The maximum Gasteiger partial charge on any atom is 0.248 e. The number of sulfonamides is 1. The van der Waals surface area contributed by atoms with E-state index in [0.29, 0.717) is 37.8 Å². The van der Waals surface area contributed by atoms with Crippen molar-refractivity contribution in [3.63, 3.8) is 0 Å². The molecule has 0 N–H and O–H groups in total. The van der Waals surface area contributed by atoms with E-state index in [4.69, 9.17) is 9.15 Å². The summed E-state index contributed by atoms with van der Waals surface area (Å²) >= 11 is 0. The molecule has 1 fully saturated rings. The molecule has 2 heterocycles. The molecule has 4 rings (SSSR count). The van der Waals surface area contributed by atoms with Crippen LogP contribution in [0.1, 0.15) is 0 Å². The Kier molecular flexibility index (Phi) is 4.54. The molecular weight excluding hydrogens is 354 g/mol. The van der Waals surface area contributed by atoms with Crippen LogP contribution in [0.4, 0.5) is 0 Å². The Morgan fingerprint density at radius 2 is 1.50 bits per heavy atom. The average Bonchev–Trinajstić information content (AvgIpc) is 3.20. The zero-order chi connectivity index (χ0) is 18.0. The zero-order valence-corrected chi connectivity index (χ0v) is 14.7. The lowest BCUT2D eigenvalue weighted by atomic mass is 10.2. The van der Waals surface area contributed by atoms with Crippen molar-refractivity contribution in [2.24, 2.45) is 0 Å². The number of hydrogen-bond donors (Lipinski definition) is 0. The largest absolute Gasteiger partial charge is 0.416 e. The van der Waals surface area contributed by atoms with E-state index >= 15 is 0 Å². The number of aromatic nitrogens is 2. The third kappa shape index (κ3) is 3.26. The van der Waals surface area contributed by atoms with Gasteiger partial charge in [0.15, 0.2) is 0 Å². The van der Waals surface area contributed by atoms with Gasteiger partial charge in [0.05, 0.1) is 18.1 Å². The quantitative estimate of drug-likeness (QED) is 0.700. The van der Waals surface area contributed by atoms with Crippen LogP contribution in [0.2, 0.25) is 0 Å². The normalized spacial score (nSPS) is 15.8. The van der Waals surface area contributed by atoms with Gasteiger partial charge in [0.1, 0.15) is 0 Å². The summed E-state index contributed by atoms with van der Waals surface area (Å²) in [7, 11) is -3.57. The monoisotopic (exact) mass is 371 g/mol. The van der Waals surface area contributed by atoms with Crippen LogP contribution in [-0.4, -0.2) is 49.2 Å². The molecule has 0 aliphatic carbocycles. The topological polar surface area (TPSA) is 85.5 Å². The van der Waals surface area contributed by atoms with Crippen LogP contribution in [0.25, 0.3) is 22.9 Å². The number of hydrogen-bond acceptors (Lipinski definition) is 6. The SMILES string of the molecule is O=S(=O)(c1cccc(-c2nnc(-c3ccccc3)o2)c1)N1CCOCC1. The van der Waals surface area contributed by atoms with Gasteiger partial charge in [-0.05, 0) is 30.3 Å². The molecule has 2 aromatic carbocycles. The fourth-order valence-electron chi connectivity index (χ4n) is 2.76. The lowest BCUT2D eigenvalue weighted by Gasteiger charge is -2.26. The second kappa shape index (κ2) is 6.99. The highest BCUT2D eigenvalue weighted by molar-refractivity contribution is 7.89. The van der Waals surface area contributed by atoms with E-state index < -0.39 is 10.0 Å². The van der Waals surface area contributed by atoms with Gasteiger partial charge in [0.25, 0.3) is 0 Å². The van der Waals surface area contributed by atoms with Gasteiger partial charge in [0.2, 0.25) is 21.8 Å². The molecule has 0 atom stereocenters. The molecule has 8 heteroatoms. The molecule has 7 nitrogen and oxygen atoms in total. The Morgan fingerprint density at radius 1 is 0.846 bits per heavy atom. The van der Waals surface area contributed by atoms with Crippen LogP contribution in [0.5, 0.6) is 0 Å². The van der Waals surface area contributed by atoms with E-state index in [2.05, 4.69) is 10.2 Å². The van der Waals surface area contributed by atoms with Crippen molar-refractivity contribution in [2.45, 2.75) is 4.90 Å². The Morgan fingerprint density at radius 3 is 2.23 bits per heavy atom. The van der Waals surface area contributed by atoms with Gasteiger partial charge < -0.3 is 9.15 Å². The lowest BCUT2D eigenvalue weighted by Crippen LogP contribution is -2.40. The van der Waals surface area contributed by atoms with E-state index in [1.54, 1.807) is 24.3 Å². The van der Waals surface area contributed by atoms with E-state index in [0.717, 1.165) is 5.56 Å². The maximum absolute atomic E-state index is 12.8. The number of ether oxygens (including phenoxy) is 1. The van der Waals surface area contributed by atoms with Crippen LogP contribution >= 0.6 is 0 Å². The molecule has 0 unspecified atom stereocenters. The number of nitrogens with zero attached hydrogens (tertiary/aromatic N) is 3. The molecule has 1 saturated heterocycles. The summed E-state index contributed by atoms with van der Waals surface area (Å²) < 4.78 is 38.0.